The van der Waals surface area contributed by atoms with E-state index in [-0.39, 0.29) is 17.8 Å². The monoisotopic (exact) mass is 439 g/mol. The smallest absolute Gasteiger partial charge is 0.340 e. The first kappa shape index (κ1) is 22.6. The van der Waals surface area contributed by atoms with Crippen LogP contribution in [0.25, 0.3) is 0 Å². The Morgan fingerprint density at radius 2 is 1.87 bits per heavy atom. The lowest BCUT2D eigenvalue weighted by Gasteiger charge is -2.12. The summed E-state index contributed by atoms with van der Waals surface area (Å²) in [5.41, 5.74) is 4.24. The fraction of sp³-hybridized carbons (Fsp3) is 0.304. The number of nitrogens with zero attached hydrogens (tertiary/aromatic N) is 2. The molecule has 1 amide bonds. The van der Waals surface area contributed by atoms with Gasteiger partial charge in [0.25, 0.3) is 5.22 Å². The van der Waals surface area contributed by atoms with Crippen molar-refractivity contribution in [3.05, 3.63) is 70.6 Å². The van der Waals surface area contributed by atoms with Gasteiger partial charge in [0.15, 0.2) is 0 Å². The molecule has 0 aliphatic rings. The molecule has 1 aromatic heterocycles. The maximum Gasteiger partial charge on any atom is 0.340 e. The summed E-state index contributed by atoms with van der Waals surface area (Å²) >= 11 is 1.14. The Morgan fingerprint density at radius 1 is 1.10 bits per heavy atom. The number of ether oxygens (including phenoxy) is 1. The fourth-order valence-electron chi connectivity index (χ4n) is 2.82. The predicted molar refractivity (Wildman–Crippen MR) is 119 cm³/mol. The van der Waals surface area contributed by atoms with Crippen LogP contribution in [-0.4, -0.2) is 33.9 Å². The van der Waals surface area contributed by atoms with Gasteiger partial charge in [0, 0.05) is 0 Å². The first-order chi connectivity index (χ1) is 14.8. The second-order valence-electron chi connectivity index (χ2n) is 7.39. The molecule has 0 saturated carbocycles. The Hall–Kier alpha value is -3.13. The van der Waals surface area contributed by atoms with Crippen LogP contribution in [0.5, 0.6) is 0 Å². The zero-order chi connectivity index (χ0) is 22.4. The number of hydrogen-bond acceptors (Lipinski definition) is 7. The van der Waals surface area contributed by atoms with E-state index in [2.05, 4.69) is 41.5 Å². The van der Waals surface area contributed by atoms with Crippen LogP contribution in [0.3, 0.4) is 0 Å². The molecule has 0 spiro atoms. The summed E-state index contributed by atoms with van der Waals surface area (Å²) in [6, 6.07) is 12.9. The molecule has 0 aliphatic heterocycles. The van der Waals surface area contributed by atoms with E-state index in [0.717, 1.165) is 17.3 Å². The maximum absolute atomic E-state index is 12.4. The molecule has 1 heterocycles. The van der Waals surface area contributed by atoms with Crippen molar-refractivity contribution in [2.24, 2.45) is 0 Å². The number of carbonyl (C=O) groups excluding carboxylic acids is 2. The van der Waals surface area contributed by atoms with Crippen LogP contribution in [0.2, 0.25) is 0 Å². The highest BCUT2D eigenvalue weighted by Gasteiger charge is 2.16. The molecule has 0 fully saturated rings. The minimum absolute atomic E-state index is 0.0683. The molecule has 8 heteroatoms. The van der Waals surface area contributed by atoms with E-state index < -0.39 is 5.97 Å². The number of para-hydroxylation sites is 1. The molecule has 3 rings (SSSR count). The lowest BCUT2D eigenvalue weighted by Crippen LogP contribution is -2.18. The van der Waals surface area contributed by atoms with Crippen LogP contribution in [0.15, 0.2) is 52.1 Å². The molecule has 162 valence electrons. The van der Waals surface area contributed by atoms with Gasteiger partial charge in [-0.3, -0.25) is 4.79 Å². The maximum atomic E-state index is 12.4. The lowest BCUT2D eigenvalue weighted by molar-refractivity contribution is -0.113. The number of carbonyl (C=O) groups is 2. The van der Waals surface area contributed by atoms with Crippen LogP contribution in [0.1, 0.15) is 46.8 Å². The summed E-state index contributed by atoms with van der Waals surface area (Å²) in [4.78, 5) is 24.6. The average molecular weight is 440 g/mol. The first-order valence-electron chi connectivity index (χ1n) is 9.93. The van der Waals surface area contributed by atoms with Crippen LogP contribution in [-0.2, 0) is 16.0 Å². The van der Waals surface area contributed by atoms with Crippen LogP contribution in [0, 0.1) is 13.8 Å². The molecular formula is C23H25N3O4S. The van der Waals surface area contributed by atoms with Gasteiger partial charge in [-0.15, -0.1) is 10.2 Å². The number of rotatable bonds is 8. The summed E-state index contributed by atoms with van der Waals surface area (Å²) in [7, 11) is 0. The Labute approximate surface area is 185 Å². The van der Waals surface area contributed by atoms with Crippen molar-refractivity contribution in [2.45, 2.75) is 45.4 Å². The number of aromatic nitrogens is 2. The largest absolute Gasteiger partial charge is 0.459 e. The van der Waals surface area contributed by atoms with Gasteiger partial charge in [0.05, 0.1) is 29.5 Å². The standard InChI is InChI=1S/C23H25N3O4S/c1-14(2)29-22(28)18-7-5-6-8-19(18)24-20(27)13-31-23-26-25-21(30-23)12-17-10-9-15(3)16(4)11-17/h5-11,14H,12-13H2,1-4H3,(H,24,27). The third-order valence-electron chi connectivity index (χ3n) is 4.47. The SMILES string of the molecule is Cc1ccc(Cc2nnc(SCC(=O)Nc3ccccc3C(=O)OC(C)C)o2)cc1C. The zero-order valence-corrected chi connectivity index (χ0v) is 18.8. The molecule has 2 aromatic carbocycles. The number of benzene rings is 2. The van der Waals surface area contributed by atoms with Crippen molar-refractivity contribution in [1.29, 1.82) is 0 Å². The van der Waals surface area contributed by atoms with E-state index in [1.807, 2.05) is 6.07 Å². The lowest BCUT2D eigenvalue weighted by atomic mass is 10.0. The highest BCUT2D eigenvalue weighted by atomic mass is 32.2. The molecule has 7 nitrogen and oxygen atoms in total. The third kappa shape index (κ3) is 6.42. The van der Waals surface area contributed by atoms with E-state index in [1.165, 1.54) is 11.1 Å². The Kier molecular flexibility index (Phi) is 7.46. The Bertz CT molecular complexity index is 1080. The molecule has 0 bridgehead atoms. The summed E-state index contributed by atoms with van der Waals surface area (Å²) in [5, 5.41) is 11.1. The first-order valence-corrected chi connectivity index (χ1v) is 10.9. The Morgan fingerprint density at radius 3 is 2.61 bits per heavy atom. The van der Waals surface area contributed by atoms with Crippen molar-refractivity contribution < 1.29 is 18.7 Å². The van der Waals surface area contributed by atoms with E-state index in [0.29, 0.717) is 28.8 Å². The molecule has 0 saturated heterocycles. The number of anilines is 1. The molecular weight excluding hydrogens is 414 g/mol. The second-order valence-corrected chi connectivity index (χ2v) is 8.32. The van der Waals surface area contributed by atoms with Gasteiger partial charge in [0.2, 0.25) is 11.8 Å². The van der Waals surface area contributed by atoms with Crippen molar-refractivity contribution in [3.8, 4) is 0 Å². The summed E-state index contributed by atoms with van der Waals surface area (Å²) in [6.07, 6.45) is 0.286. The van der Waals surface area contributed by atoms with Crippen LogP contribution >= 0.6 is 11.8 Å². The number of thioether (sulfide) groups is 1. The van der Waals surface area contributed by atoms with Gasteiger partial charge in [0.1, 0.15) is 0 Å². The van der Waals surface area contributed by atoms with E-state index >= 15 is 0 Å². The van der Waals surface area contributed by atoms with Crippen molar-refractivity contribution in [2.75, 3.05) is 11.1 Å². The molecule has 1 N–H and O–H groups in total. The minimum atomic E-state index is -0.480. The fourth-order valence-corrected chi connectivity index (χ4v) is 3.40. The second kappa shape index (κ2) is 10.3. The average Bonchev–Trinajstić information content (AvgIpc) is 3.16. The molecule has 0 unspecified atom stereocenters. The van der Waals surface area contributed by atoms with Crippen molar-refractivity contribution in [3.63, 3.8) is 0 Å². The van der Waals surface area contributed by atoms with Crippen molar-refractivity contribution in [1.82, 2.24) is 10.2 Å². The van der Waals surface area contributed by atoms with Gasteiger partial charge < -0.3 is 14.5 Å². The minimum Gasteiger partial charge on any atom is -0.459 e. The molecule has 31 heavy (non-hydrogen) atoms. The summed E-state index contributed by atoms with van der Waals surface area (Å²) < 4.78 is 10.9. The van der Waals surface area contributed by atoms with Crippen molar-refractivity contribution >= 4 is 29.3 Å². The number of aryl methyl sites for hydroxylation is 2. The summed E-state index contributed by atoms with van der Waals surface area (Å²) in [5.74, 6) is -0.207. The van der Waals surface area contributed by atoms with Crippen LogP contribution < -0.4 is 5.32 Å². The zero-order valence-electron chi connectivity index (χ0n) is 18.0. The molecule has 0 aliphatic carbocycles. The quantitative estimate of drug-likeness (QED) is 0.406. The van der Waals surface area contributed by atoms with Gasteiger partial charge in [-0.25, -0.2) is 4.79 Å². The number of hydrogen-bond donors (Lipinski definition) is 1. The van der Waals surface area contributed by atoms with Gasteiger partial charge in [-0.1, -0.05) is 42.1 Å². The molecule has 3 aromatic rings. The normalized spacial score (nSPS) is 10.9. The highest BCUT2D eigenvalue weighted by molar-refractivity contribution is 7.99. The number of esters is 1. The highest BCUT2D eigenvalue weighted by Crippen LogP contribution is 2.21. The molecule has 0 atom stereocenters. The third-order valence-corrected chi connectivity index (χ3v) is 5.28. The number of nitrogens with one attached hydrogen (secondary N) is 1. The van der Waals surface area contributed by atoms with E-state index in [9.17, 15) is 9.59 Å². The van der Waals surface area contributed by atoms with Crippen LogP contribution in [0.4, 0.5) is 5.69 Å². The van der Waals surface area contributed by atoms with E-state index in [1.54, 1.807) is 38.1 Å². The van der Waals surface area contributed by atoms with Gasteiger partial charge in [-0.05, 0) is 56.5 Å². The summed E-state index contributed by atoms with van der Waals surface area (Å²) in [6.45, 7) is 7.67. The molecule has 0 radical (unpaired) electrons. The Balaban J connectivity index is 1.56. The predicted octanol–water partition coefficient (Wildman–Crippen LogP) is 4.57. The van der Waals surface area contributed by atoms with E-state index in [4.69, 9.17) is 9.15 Å². The van der Waals surface area contributed by atoms with Gasteiger partial charge >= 0.3 is 5.97 Å². The van der Waals surface area contributed by atoms with Gasteiger partial charge in [-0.2, -0.15) is 0 Å². The topological polar surface area (TPSA) is 94.3 Å². The number of amides is 1.